The smallest absolute Gasteiger partial charge is 0.459 e. The number of nitrogens with one attached hydrogen (secondary N) is 1. The third kappa shape index (κ3) is 5.78. The van der Waals surface area contributed by atoms with Crippen molar-refractivity contribution in [3.05, 3.63) is 24.6 Å². The van der Waals surface area contributed by atoms with Crippen molar-refractivity contribution in [2.45, 2.75) is 59.1 Å². The molecule has 1 N–H and O–H groups in total. The minimum absolute atomic E-state index is 0.197. The summed E-state index contributed by atoms with van der Waals surface area (Å²) in [6.45, 7) is 16.1. The SMILES string of the molecule is C=C/C=C(\NCCB1OC(C)(C)C(C)(C)O1)OCC(C)(C)C(=O)OC. The predicted molar refractivity (Wildman–Crippen MR) is 98.9 cm³/mol. The molecule has 0 radical (unpaired) electrons. The minimum Gasteiger partial charge on any atom is -0.478 e. The molecule has 0 atom stereocenters. The molecular formula is C18H32BNO5. The van der Waals surface area contributed by atoms with Crippen LogP contribution in [0.3, 0.4) is 0 Å². The molecular weight excluding hydrogens is 321 g/mol. The third-order valence-corrected chi connectivity index (χ3v) is 4.58. The number of hydrogen-bond acceptors (Lipinski definition) is 6. The first kappa shape index (κ1) is 21.6. The van der Waals surface area contributed by atoms with Crippen LogP contribution in [0.4, 0.5) is 0 Å². The fourth-order valence-corrected chi connectivity index (χ4v) is 2.25. The van der Waals surface area contributed by atoms with Crippen molar-refractivity contribution >= 4 is 13.1 Å². The molecule has 1 fully saturated rings. The number of hydrogen-bond donors (Lipinski definition) is 1. The molecule has 1 aliphatic rings. The minimum atomic E-state index is -0.734. The maximum atomic E-state index is 11.7. The molecule has 0 aromatic carbocycles. The van der Waals surface area contributed by atoms with Gasteiger partial charge in [-0.05, 0) is 53.9 Å². The molecule has 142 valence electrons. The lowest BCUT2D eigenvalue weighted by atomic mass is 9.85. The predicted octanol–water partition coefficient (Wildman–Crippen LogP) is 2.91. The van der Waals surface area contributed by atoms with E-state index in [-0.39, 0.29) is 30.9 Å². The normalized spacial score (nSPS) is 19.5. The number of carbonyl (C=O) groups excluding carboxylic acids is 1. The molecule has 0 aromatic heterocycles. The highest BCUT2D eigenvalue weighted by Gasteiger charge is 2.50. The summed E-state index contributed by atoms with van der Waals surface area (Å²) in [5.41, 5.74) is -1.40. The topological polar surface area (TPSA) is 66.0 Å². The van der Waals surface area contributed by atoms with Gasteiger partial charge in [-0.2, -0.15) is 0 Å². The van der Waals surface area contributed by atoms with E-state index in [2.05, 4.69) is 11.9 Å². The summed E-state index contributed by atoms with van der Waals surface area (Å²) in [5.74, 6) is 0.228. The molecule has 0 spiro atoms. The van der Waals surface area contributed by atoms with Crippen LogP contribution in [0.25, 0.3) is 0 Å². The van der Waals surface area contributed by atoms with Crippen LogP contribution >= 0.6 is 0 Å². The van der Waals surface area contributed by atoms with Gasteiger partial charge in [-0.3, -0.25) is 4.79 Å². The Hall–Kier alpha value is -1.47. The molecule has 6 nitrogen and oxygen atoms in total. The maximum absolute atomic E-state index is 11.7. The average molecular weight is 353 g/mol. The second kappa shape index (κ2) is 8.28. The van der Waals surface area contributed by atoms with Gasteiger partial charge in [0.25, 0.3) is 0 Å². The van der Waals surface area contributed by atoms with Crippen molar-refractivity contribution < 1.29 is 23.6 Å². The Morgan fingerprint density at radius 2 is 1.80 bits per heavy atom. The van der Waals surface area contributed by atoms with E-state index in [0.717, 1.165) is 0 Å². The van der Waals surface area contributed by atoms with Gasteiger partial charge in [-0.25, -0.2) is 0 Å². The average Bonchev–Trinajstić information content (AvgIpc) is 2.71. The zero-order chi connectivity index (χ0) is 19.3. The van der Waals surface area contributed by atoms with Gasteiger partial charge in [0.05, 0.1) is 23.7 Å². The molecule has 7 heteroatoms. The van der Waals surface area contributed by atoms with Crippen molar-refractivity contribution in [2.24, 2.45) is 5.41 Å². The summed E-state index contributed by atoms with van der Waals surface area (Å²) in [7, 11) is 1.10. The quantitative estimate of drug-likeness (QED) is 0.298. The summed E-state index contributed by atoms with van der Waals surface area (Å²) >= 11 is 0. The molecule has 1 rings (SSSR count). The lowest BCUT2D eigenvalue weighted by Crippen LogP contribution is -2.41. The monoisotopic (exact) mass is 353 g/mol. The van der Waals surface area contributed by atoms with Gasteiger partial charge in [0.1, 0.15) is 6.61 Å². The van der Waals surface area contributed by atoms with Crippen LogP contribution in [0.5, 0.6) is 0 Å². The molecule has 1 aliphatic heterocycles. The molecule has 0 aliphatic carbocycles. The Morgan fingerprint density at radius 3 is 2.28 bits per heavy atom. The molecule has 1 heterocycles. The van der Waals surface area contributed by atoms with Gasteiger partial charge in [0.2, 0.25) is 0 Å². The number of ether oxygens (including phenoxy) is 2. The number of esters is 1. The first-order chi connectivity index (χ1) is 11.4. The Bertz CT molecular complexity index is 498. The Morgan fingerprint density at radius 1 is 1.24 bits per heavy atom. The van der Waals surface area contributed by atoms with Gasteiger partial charge in [-0.1, -0.05) is 12.7 Å². The van der Waals surface area contributed by atoms with Gasteiger partial charge < -0.3 is 24.1 Å². The molecule has 1 saturated heterocycles. The fraction of sp³-hybridized carbons (Fsp3) is 0.722. The van der Waals surface area contributed by atoms with E-state index in [4.69, 9.17) is 18.8 Å². The molecule has 0 amide bonds. The summed E-state index contributed by atoms with van der Waals surface area (Å²) in [6.07, 6.45) is 4.02. The second-order valence-corrected chi connectivity index (χ2v) is 7.83. The number of carbonyl (C=O) groups is 1. The first-order valence-corrected chi connectivity index (χ1v) is 8.58. The maximum Gasteiger partial charge on any atom is 0.459 e. The third-order valence-electron chi connectivity index (χ3n) is 4.58. The first-order valence-electron chi connectivity index (χ1n) is 8.58. The van der Waals surface area contributed by atoms with Gasteiger partial charge in [-0.15, -0.1) is 0 Å². The van der Waals surface area contributed by atoms with Crippen molar-refractivity contribution in [1.29, 1.82) is 0 Å². The van der Waals surface area contributed by atoms with E-state index in [1.165, 1.54) is 7.11 Å². The van der Waals surface area contributed by atoms with Crippen LogP contribution in [0.15, 0.2) is 24.6 Å². The highest BCUT2D eigenvalue weighted by Crippen LogP contribution is 2.37. The summed E-state index contributed by atoms with van der Waals surface area (Å²) in [4.78, 5) is 11.7. The Balaban J connectivity index is 2.49. The largest absolute Gasteiger partial charge is 0.478 e. The van der Waals surface area contributed by atoms with Crippen LogP contribution < -0.4 is 5.32 Å². The second-order valence-electron chi connectivity index (χ2n) is 7.83. The van der Waals surface area contributed by atoms with Crippen LogP contribution in [0, 0.1) is 5.41 Å². The standard InChI is InChI=1S/C18H32BNO5/c1-9-10-14(23-13-16(2,3)15(21)22-8)20-12-11-19-24-17(4,5)18(6,7)25-19/h9-10,20H,1,11-13H2,2-8H3/b14-10+. The van der Waals surface area contributed by atoms with Crippen molar-refractivity contribution in [1.82, 2.24) is 5.32 Å². The zero-order valence-electron chi connectivity index (χ0n) is 16.6. The Kier molecular flexibility index (Phi) is 7.14. The van der Waals surface area contributed by atoms with Crippen molar-refractivity contribution in [2.75, 3.05) is 20.3 Å². The van der Waals surface area contributed by atoms with Crippen LogP contribution in [-0.2, 0) is 23.6 Å². The van der Waals surface area contributed by atoms with Crippen LogP contribution in [-0.4, -0.2) is 44.6 Å². The summed E-state index contributed by atoms with van der Waals surface area (Å²) in [6, 6.07) is 0. The van der Waals surface area contributed by atoms with Crippen molar-refractivity contribution in [3.63, 3.8) is 0 Å². The molecule has 25 heavy (non-hydrogen) atoms. The molecule has 0 unspecified atom stereocenters. The lowest BCUT2D eigenvalue weighted by molar-refractivity contribution is -0.153. The van der Waals surface area contributed by atoms with Gasteiger partial charge >= 0.3 is 13.1 Å². The van der Waals surface area contributed by atoms with E-state index in [9.17, 15) is 4.79 Å². The molecule has 0 saturated carbocycles. The fourth-order valence-electron chi connectivity index (χ4n) is 2.25. The van der Waals surface area contributed by atoms with E-state index < -0.39 is 5.41 Å². The zero-order valence-corrected chi connectivity index (χ0v) is 16.6. The highest BCUT2D eigenvalue weighted by molar-refractivity contribution is 6.45. The van der Waals surface area contributed by atoms with Gasteiger partial charge in [0, 0.05) is 6.54 Å². The van der Waals surface area contributed by atoms with E-state index >= 15 is 0 Å². The Labute approximate surface area is 152 Å². The highest BCUT2D eigenvalue weighted by atomic mass is 16.7. The van der Waals surface area contributed by atoms with Crippen molar-refractivity contribution in [3.8, 4) is 0 Å². The number of methoxy groups -OCH3 is 1. The summed E-state index contributed by atoms with van der Waals surface area (Å²) < 4.78 is 22.4. The van der Waals surface area contributed by atoms with Crippen LogP contribution in [0.1, 0.15) is 41.5 Å². The number of allylic oxidation sites excluding steroid dienone is 2. The van der Waals surface area contributed by atoms with E-state index in [1.54, 1.807) is 26.0 Å². The van der Waals surface area contributed by atoms with Crippen LogP contribution in [0.2, 0.25) is 6.32 Å². The molecule has 0 bridgehead atoms. The summed E-state index contributed by atoms with van der Waals surface area (Å²) in [5, 5.41) is 3.19. The van der Waals surface area contributed by atoms with E-state index in [0.29, 0.717) is 18.7 Å². The number of rotatable bonds is 9. The van der Waals surface area contributed by atoms with E-state index in [1.807, 2.05) is 27.7 Å². The van der Waals surface area contributed by atoms with Gasteiger partial charge in [0.15, 0.2) is 5.88 Å². The lowest BCUT2D eigenvalue weighted by Gasteiger charge is -2.32. The molecule has 0 aromatic rings.